The van der Waals surface area contributed by atoms with Crippen molar-refractivity contribution in [3.05, 3.63) is 84.3 Å². The predicted octanol–water partition coefficient (Wildman–Crippen LogP) is 5.30. The molecule has 1 atom stereocenters. The van der Waals surface area contributed by atoms with E-state index in [1.165, 1.54) is 30.7 Å². The monoisotopic (exact) mass is 466 g/mol. The van der Waals surface area contributed by atoms with Crippen LogP contribution in [0.25, 0.3) is 22.4 Å². The van der Waals surface area contributed by atoms with Gasteiger partial charge in [0.15, 0.2) is 0 Å². The average molecular weight is 466 g/mol. The number of ether oxygens (including phenoxy) is 1. The number of halogens is 3. The van der Waals surface area contributed by atoms with Gasteiger partial charge in [-0.2, -0.15) is 18.3 Å². The number of nitrogens with zero attached hydrogens (tertiary/aromatic N) is 3. The minimum atomic E-state index is -4.56. The number of H-pyrrole nitrogens is 1. The Kier molecular flexibility index (Phi) is 5.20. The zero-order chi connectivity index (χ0) is 23.9. The van der Waals surface area contributed by atoms with Crippen LogP contribution < -0.4 is 9.64 Å². The summed E-state index contributed by atoms with van der Waals surface area (Å²) in [7, 11) is 0. The Morgan fingerprint density at radius 1 is 1.09 bits per heavy atom. The summed E-state index contributed by atoms with van der Waals surface area (Å²) in [6, 6.07) is 14.5. The van der Waals surface area contributed by atoms with Crippen molar-refractivity contribution in [2.75, 3.05) is 11.4 Å². The number of nitrogens with one attached hydrogen (secondary N) is 1. The highest BCUT2D eigenvalue weighted by Crippen LogP contribution is 2.47. The molecule has 0 radical (unpaired) electrons. The summed E-state index contributed by atoms with van der Waals surface area (Å²) in [6.45, 7) is -1.32. The first kappa shape index (κ1) is 21.5. The number of rotatable bonds is 5. The number of carboxylic acids is 1. The number of para-hydroxylation sites is 1. The van der Waals surface area contributed by atoms with Crippen molar-refractivity contribution in [1.29, 1.82) is 0 Å². The van der Waals surface area contributed by atoms with Gasteiger partial charge >= 0.3 is 12.1 Å². The van der Waals surface area contributed by atoms with Gasteiger partial charge in [0.2, 0.25) is 6.23 Å². The van der Waals surface area contributed by atoms with Crippen molar-refractivity contribution in [3.8, 4) is 28.1 Å². The van der Waals surface area contributed by atoms with E-state index in [1.807, 2.05) is 0 Å². The molecule has 1 aliphatic rings. The summed E-state index contributed by atoms with van der Waals surface area (Å²) in [5.74, 6) is -0.826. The van der Waals surface area contributed by atoms with Crippen LogP contribution in [0, 0.1) is 0 Å². The molecule has 0 spiro atoms. The Labute approximate surface area is 191 Å². The largest absolute Gasteiger partial charge is 0.478 e. The van der Waals surface area contributed by atoms with E-state index < -0.39 is 24.9 Å². The van der Waals surface area contributed by atoms with Crippen LogP contribution >= 0.6 is 0 Å². The molecule has 0 fully saturated rings. The molecule has 3 heterocycles. The van der Waals surface area contributed by atoms with E-state index in [0.29, 0.717) is 28.1 Å². The first-order chi connectivity index (χ1) is 16.3. The summed E-state index contributed by atoms with van der Waals surface area (Å²) in [4.78, 5) is 17.1. The van der Waals surface area contributed by atoms with E-state index in [1.54, 1.807) is 42.5 Å². The normalized spacial score (nSPS) is 14.9. The number of aromatic amines is 1. The molecule has 0 bridgehead atoms. The lowest BCUT2D eigenvalue weighted by atomic mass is 9.91. The molecule has 0 saturated heterocycles. The number of pyridine rings is 1. The molecule has 0 aliphatic carbocycles. The summed E-state index contributed by atoms with van der Waals surface area (Å²) in [6.07, 6.45) is -1.33. The molecule has 2 N–H and O–H groups in total. The second kappa shape index (κ2) is 8.22. The number of benzene rings is 2. The Morgan fingerprint density at radius 2 is 1.82 bits per heavy atom. The number of alkyl halides is 3. The van der Waals surface area contributed by atoms with E-state index in [2.05, 4.69) is 15.2 Å². The maximum absolute atomic E-state index is 13.8. The topological polar surface area (TPSA) is 91.3 Å². The third-order valence-corrected chi connectivity index (χ3v) is 5.49. The van der Waals surface area contributed by atoms with Crippen molar-refractivity contribution in [2.24, 2.45) is 0 Å². The quantitative estimate of drug-likeness (QED) is 0.415. The van der Waals surface area contributed by atoms with Gasteiger partial charge in [0.05, 0.1) is 28.7 Å². The number of fused-ring (bicyclic) bond motifs is 3. The number of aromatic nitrogens is 3. The van der Waals surface area contributed by atoms with Gasteiger partial charge in [0, 0.05) is 18.0 Å². The van der Waals surface area contributed by atoms with E-state index in [9.17, 15) is 23.1 Å². The van der Waals surface area contributed by atoms with Gasteiger partial charge in [-0.25, -0.2) is 4.79 Å². The molecule has 34 heavy (non-hydrogen) atoms. The van der Waals surface area contributed by atoms with Gasteiger partial charge in [-0.15, -0.1) is 0 Å². The standard InChI is InChI=1S/C24H17F3N4O3/c25-24(26,27)13-31-20-11-16(14-6-8-28-9-7-14)17(23(32)33)10-18(20)21-19(12-29-30-21)22(31)34-15-4-2-1-3-5-15/h1-12,22H,13H2,(H,29,30)(H,32,33). The predicted molar refractivity (Wildman–Crippen MR) is 117 cm³/mol. The molecular formula is C24H17F3N4O3. The fourth-order valence-corrected chi connectivity index (χ4v) is 4.08. The van der Waals surface area contributed by atoms with Crippen LogP contribution in [0.3, 0.4) is 0 Å². The zero-order valence-corrected chi connectivity index (χ0v) is 17.5. The molecule has 7 nitrogen and oxygen atoms in total. The molecule has 0 amide bonds. The number of anilines is 1. The van der Waals surface area contributed by atoms with E-state index in [4.69, 9.17) is 4.74 Å². The van der Waals surface area contributed by atoms with Gasteiger partial charge in [-0.1, -0.05) is 18.2 Å². The first-order valence-corrected chi connectivity index (χ1v) is 10.2. The Balaban J connectivity index is 1.74. The second-order valence-corrected chi connectivity index (χ2v) is 7.68. The van der Waals surface area contributed by atoms with Crippen LogP contribution in [0.2, 0.25) is 0 Å². The van der Waals surface area contributed by atoms with Crippen molar-refractivity contribution in [3.63, 3.8) is 0 Å². The van der Waals surface area contributed by atoms with Crippen molar-refractivity contribution >= 4 is 11.7 Å². The average Bonchev–Trinajstić information content (AvgIpc) is 3.31. The smallest absolute Gasteiger partial charge is 0.406 e. The zero-order valence-electron chi connectivity index (χ0n) is 17.5. The van der Waals surface area contributed by atoms with Crippen LogP contribution in [0.5, 0.6) is 5.75 Å². The highest BCUT2D eigenvalue weighted by molar-refractivity contribution is 6.01. The molecule has 1 aliphatic heterocycles. The number of carboxylic acid groups (broad SMARTS) is 1. The number of hydrogen-bond donors (Lipinski definition) is 2. The van der Waals surface area contributed by atoms with Crippen LogP contribution in [0.15, 0.2) is 73.2 Å². The fourth-order valence-electron chi connectivity index (χ4n) is 4.08. The van der Waals surface area contributed by atoms with Gasteiger partial charge in [0.1, 0.15) is 12.3 Å². The fraction of sp³-hybridized carbons (Fsp3) is 0.125. The maximum atomic E-state index is 13.8. The lowest BCUT2D eigenvalue weighted by Crippen LogP contribution is -2.41. The molecule has 5 rings (SSSR count). The van der Waals surface area contributed by atoms with Gasteiger partial charge in [0.25, 0.3) is 0 Å². The SMILES string of the molecule is O=C(O)c1cc2c(cc1-c1ccncc1)N(CC(F)(F)F)C(Oc1ccccc1)c1cn[nH]c1-2. The molecular weight excluding hydrogens is 449 g/mol. The van der Waals surface area contributed by atoms with Crippen LogP contribution in [0.1, 0.15) is 22.1 Å². The molecule has 2 aromatic carbocycles. The summed E-state index contributed by atoms with van der Waals surface area (Å²) >= 11 is 0. The summed E-state index contributed by atoms with van der Waals surface area (Å²) < 4.78 is 47.3. The maximum Gasteiger partial charge on any atom is 0.406 e. The van der Waals surface area contributed by atoms with E-state index in [-0.39, 0.29) is 16.8 Å². The first-order valence-electron chi connectivity index (χ1n) is 10.2. The second-order valence-electron chi connectivity index (χ2n) is 7.68. The lowest BCUT2D eigenvalue weighted by molar-refractivity contribution is -0.123. The number of hydrogen-bond acceptors (Lipinski definition) is 5. The minimum absolute atomic E-state index is 0.0557. The molecule has 172 valence electrons. The van der Waals surface area contributed by atoms with Gasteiger partial charge in [-0.05, 0) is 47.5 Å². The highest BCUT2D eigenvalue weighted by Gasteiger charge is 2.41. The van der Waals surface area contributed by atoms with Crippen molar-refractivity contribution in [1.82, 2.24) is 15.2 Å². The molecule has 2 aromatic heterocycles. The Morgan fingerprint density at radius 3 is 2.50 bits per heavy atom. The number of carbonyl (C=O) groups is 1. The van der Waals surface area contributed by atoms with E-state index in [0.717, 1.165) is 4.90 Å². The Bertz CT molecular complexity index is 1340. The Hall–Kier alpha value is -4.34. The van der Waals surface area contributed by atoms with Gasteiger partial charge in [-0.3, -0.25) is 10.1 Å². The third-order valence-electron chi connectivity index (χ3n) is 5.49. The van der Waals surface area contributed by atoms with Crippen LogP contribution in [0.4, 0.5) is 18.9 Å². The third kappa shape index (κ3) is 3.94. The van der Waals surface area contributed by atoms with Crippen LogP contribution in [-0.2, 0) is 0 Å². The molecule has 4 aromatic rings. The van der Waals surface area contributed by atoms with Gasteiger partial charge < -0.3 is 14.7 Å². The van der Waals surface area contributed by atoms with Crippen molar-refractivity contribution in [2.45, 2.75) is 12.4 Å². The minimum Gasteiger partial charge on any atom is -0.478 e. The van der Waals surface area contributed by atoms with E-state index >= 15 is 0 Å². The molecule has 0 saturated carbocycles. The summed E-state index contributed by atoms with van der Waals surface area (Å²) in [5.41, 5.74) is 1.96. The van der Waals surface area contributed by atoms with Crippen molar-refractivity contribution < 1.29 is 27.8 Å². The number of aromatic carboxylic acids is 1. The highest BCUT2D eigenvalue weighted by atomic mass is 19.4. The summed E-state index contributed by atoms with van der Waals surface area (Å²) in [5, 5.41) is 16.7. The lowest BCUT2D eigenvalue weighted by Gasteiger charge is -2.39. The molecule has 1 unspecified atom stereocenters. The van der Waals surface area contributed by atoms with Crippen LogP contribution in [-0.4, -0.2) is 39.0 Å². The molecule has 10 heteroatoms.